The van der Waals surface area contributed by atoms with E-state index >= 15 is 0 Å². The van der Waals surface area contributed by atoms with Crippen molar-refractivity contribution in [1.29, 1.82) is 0 Å². The minimum Gasteiger partial charge on any atom is -0.493 e. The first kappa shape index (κ1) is 10.6. The van der Waals surface area contributed by atoms with Crippen molar-refractivity contribution in [3.8, 4) is 5.75 Å². The summed E-state index contributed by atoms with van der Waals surface area (Å²) < 4.78 is 5.38. The molecule has 1 amide bonds. The molecular formula is C11H15NO2. The zero-order valence-electron chi connectivity index (χ0n) is 8.54. The molecule has 0 radical (unpaired) electrons. The highest BCUT2D eigenvalue weighted by Gasteiger charge is 1.98. The molecule has 3 nitrogen and oxygen atoms in total. The highest BCUT2D eigenvalue weighted by Crippen LogP contribution is 2.16. The van der Waals surface area contributed by atoms with Gasteiger partial charge in [0.1, 0.15) is 5.75 Å². The smallest absolute Gasteiger partial charge is 0.220 e. The Morgan fingerprint density at radius 2 is 1.86 bits per heavy atom. The van der Waals surface area contributed by atoms with Crippen LogP contribution in [0, 0.1) is 13.8 Å². The summed E-state index contributed by atoms with van der Waals surface area (Å²) in [5.41, 5.74) is 7.30. The van der Waals surface area contributed by atoms with E-state index in [-0.39, 0.29) is 12.3 Å². The fraction of sp³-hybridized carbons (Fsp3) is 0.364. The second kappa shape index (κ2) is 4.65. The topological polar surface area (TPSA) is 52.3 Å². The predicted molar refractivity (Wildman–Crippen MR) is 55.2 cm³/mol. The van der Waals surface area contributed by atoms with Gasteiger partial charge in [-0.05, 0) is 37.1 Å². The molecule has 1 rings (SSSR count). The van der Waals surface area contributed by atoms with Crippen LogP contribution in [0.2, 0.25) is 0 Å². The fourth-order valence-electron chi connectivity index (χ4n) is 1.29. The van der Waals surface area contributed by atoms with Crippen LogP contribution in [-0.4, -0.2) is 12.5 Å². The van der Waals surface area contributed by atoms with Gasteiger partial charge >= 0.3 is 0 Å². The van der Waals surface area contributed by atoms with E-state index in [2.05, 4.69) is 6.07 Å². The molecule has 3 heteroatoms. The maximum absolute atomic E-state index is 10.5. The molecule has 76 valence electrons. The number of nitrogens with two attached hydrogens (primary N) is 1. The maximum Gasteiger partial charge on any atom is 0.220 e. The van der Waals surface area contributed by atoms with E-state index < -0.39 is 0 Å². The first-order chi connectivity index (χ1) is 6.58. The molecule has 14 heavy (non-hydrogen) atoms. The second-order valence-corrected chi connectivity index (χ2v) is 3.39. The summed E-state index contributed by atoms with van der Waals surface area (Å²) in [6.45, 7) is 4.36. The Balaban J connectivity index is 2.54. The standard InChI is InChI=1S/C11H15NO2/c1-8-5-9(2)7-10(6-8)14-4-3-11(12)13/h5-7H,3-4H2,1-2H3,(H2,12,13). The van der Waals surface area contributed by atoms with Gasteiger partial charge in [-0.2, -0.15) is 0 Å². The number of aryl methyl sites for hydroxylation is 2. The average Bonchev–Trinajstić information content (AvgIpc) is 2.01. The van der Waals surface area contributed by atoms with Crippen LogP contribution < -0.4 is 10.5 Å². The van der Waals surface area contributed by atoms with E-state index in [0.29, 0.717) is 6.61 Å². The van der Waals surface area contributed by atoms with Crippen molar-refractivity contribution in [3.05, 3.63) is 29.3 Å². The van der Waals surface area contributed by atoms with E-state index in [1.807, 2.05) is 26.0 Å². The highest BCUT2D eigenvalue weighted by atomic mass is 16.5. The van der Waals surface area contributed by atoms with E-state index in [9.17, 15) is 4.79 Å². The van der Waals surface area contributed by atoms with Gasteiger partial charge in [0.15, 0.2) is 0 Å². The summed E-state index contributed by atoms with van der Waals surface area (Å²) in [5.74, 6) is 0.457. The van der Waals surface area contributed by atoms with Crippen molar-refractivity contribution in [3.63, 3.8) is 0 Å². The minimum atomic E-state index is -0.339. The second-order valence-electron chi connectivity index (χ2n) is 3.39. The number of primary amides is 1. The Bertz CT molecular complexity index is 314. The van der Waals surface area contributed by atoms with E-state index in [4.69, 9.17) is 10.5 Å². The number of amides is 1. The lowest BCUT2D eigenvalue weighted by Crippen LogP contribution is -2.14. The van der Waals surface area contributed by atoms with Crippen LogP contribution in [0.5, 0.6) is 5.75 Å². The molecule has 0 aliphatic rings. The predicted octanol–water partition coefficient (Wildman–Crippen LogP) is 1.56. The molecule has 0 spiro atoms. The molecule has 0 saturated carbocycles. The first-order valence-electron chi connectivity index (χ1n) is 4.57. The molecule has 0 bridgehead atoms. The maximum atomic E-state index is 10.5. The van der Waals surface area contributed by atoms with Crippen LogP contribution in [0.25, 0.3) is 0 Å². The van der Waals surface area contributed by atoms with Crippen LogP contribution in [-0.2, 0) is 4.79 Å². The third kappa shape index (κ3) is 3.47. The van der Waals surface area contributed by atoms with E-state index in [1.165, 1.54) is 0 Å². The number of hydrogen-bond donors (Lipinski definition) is 1. The lowest BCUT2D eigenvalue weighted by atomic mass is 10.1. The Morgan fingerprint density at radius 3 is 2.36 bits per heavy atom. The molecule has 0 fully saturated rings. The normalized spacial score (nSPS) is 9.86. The van der Waals surface area contributed by atoms with Crippen molar-refractivity contribution in [1.82, 2.24) is 0 Å². The zero-order chi connectivity index (χ0) is 10.6. The number of benzene rings is 1. The summed E-state index contributed by atoms with van der Waals surface area (Å²) in [7, 11) is 0. The monoisotopic (exact) mass is 193 g/mol. The van der Waals surface area contributed by atoms with Gasteiger partial charge in [0.05, 0.1) is 13.0 Å². The number of carbonyl (C=O) groups is 1. The lowest BCUT2D eigenvalue weighted by Gasteiger charge is -2.06. The number of ether oxygens (including phenoxy) is 1. The highest BCUT2D eigenvalue weighted by molar-refractivity contribution is 5.73. The minimum absolute atomic E-state index is 0.257. The summed E-state index contributed by atoms with van der Waals surface area (Å²) in [6.07, 6.45) is 0.257. The fourth-order valence-corrected chi connectivity index (χ4v) is 1.29. The van der Waals surface area contributed by atoms with Crippen molar-refractivity contribution < 1.29 is 9.53 Å². The van der Waals surface area contributed by atoms with E-state index in [0.717, 1.165) is 16.9 Å². The third-order valence-electron chi connectivity index (χ3n) is 1.81. The Hall–Kier alpha value is -1.51. The van der Waals surface area contributed by atoms with Crippen molar-refractivity contribution in [2.75, 3.05) is 6.61 Å². The lowest BCUT2D eigenvalue weighted by molar-refractivity contribution is -0.118. The first-order valence-corrected chi connectivity index (χ1v) is 4.57. The third-order valence-corrected chi connectivity index (χ3v) is 1.81. The summed E-state index contributed by atoms with van der Waals surface area (Å²) in [5, 5.41) is 0. The molecule has 0 saturated heterocycles. The Kier molecular flexibility index (Phi) is 3.51. The van der Waals surface area contributed by atoms with Crippen molar-refractivity contribution in [2.45, 2.75) is 20.3 Å². The van der Waals surface area contributed by atoms with Gasteiger partial charge in [0.25, 0.3) is 0 Å². The summed E-state index contributed by atoms with van der Waals surface area (Å²) in [6, 6.07) is 5.95. The molecule has 1 aromatic rings. The van der Waals surface area contributed by atoms with Gasteiger partial charge < -0.3 is 10.5 Å². The molecule has 0 aromatic heterocycles. The molecule has 2 N–H and O–H groups in total. The van der Waals surface area contributed by atoms with E-state index in [1.54, 1.807) is 0 Å². The number of hydrogen-bond acceptors (Lipinski definition) is 2. The van der Waals surface area contributed by atoms with Gasteiger partial charge in [-0.1, -0.05) is 6.07 Å². The number of rotatable bonds is 4. The van der Waals surface area contributed by atoms with Crippen molar-refractivity contribution >= 4 is 5.91 Å². The van der Waals surface area contributed by atoms with Crippen LogP contribution >= 0.6 is 0 Å². The number of carbonyl (C=O) groups excluding carboxylic acids is 1. The van der Waals surface area contributed by atoms with Gasteiger partial charge in [0, 0.05) is 0 Å². The molecule has 0 unspecified atom stereocenters. The quantitative estimate of drug-likeness (QED) is 0.788. The summed E-state index contributed by atoms with van der Waals surface area (Å²) >= 11 is 0. The zero-order valence-corrected chi connectivity index (χ0v) is 8.54. The average molecular weight is 193 g/mol. The van der Waals surface area contributed by atoms with Crippen LogP contribution in [0.15, 0.2) is 18.2 Å². The van der Waals surface area contributed by atoms with Crippen LogP contribution in [0.3, 0.4) is 0 Å². The van der Waals surface area contributed by atoms with Gasteiger partial charge in [-0.15, -0.1) is 0 Å². The molecule has 1 aromatic carbocycles. The Morgan fingerprint density at radius 1 is 1.29 bits per heavy atom. The molecule has 0 aliphatic heterocycles. The van der Waals surface area contributed by atoms with Gasteiger partial charge in [0.2, 0.25) is 5.91 Å². The van der Waals surface area contributed by atoms with Crippen LogP contribution in [0.4, 0.5) is 0 Å². The molecule has 0 aliphatic carbocycles. The molecular weight excluding hydrogens is 178 g/mol. The SMILES string of the molecule is Cc1cc(C)cc(OCCC(N)=O)c1. The molecule has 0 heterocycles. The van der Waals surface area contributed by atoms with Crippen LogP contribution in [0.1, 0.15) is 17.5 Å². The van der Waals surface area contributed by atoms with Gasteiger partial charge in [-0.3, -0.25) is 4.79 Å². The Labute approximate surface area is 83.9 Å². The molecule has 0 atom stereocenters. The van der Waals surface area contributed by atoms with Crippen molar-refractivity contribution in [2.24, 2.45) is 5.73 Å². The summed E-state index contributed by atoms with van der Waals surface area (Å²) in [4.78, 5) is 10.5. The largest absolute Gasteiger partial charge is 0.493 e. The van der Waals surface area contributed by atoms with Gasteiger partial charge in [-0.25, -0.2) is 0 Å².